The predicted octanol–water partition coefficient (Wildman–Crippen LogP) is 3.52. The third kappa shape index (κ3) is 5.38. The fourth-order valence-electron chi connectivity index (χ4n) is 3.12. The van der Waals surface area contributed by atoms with Gasteiger partial charge in [0, 0.05) is 25.4 Å². The summed E-state index contributed by atoms with van der Waals surface area (Å²) < 4.78 is 29.9. The van der Waals surface area contributed by atoms with Crippen LogP contribution >= 0.6 is 0 Å². The third-order valence-corrected chi connectivity index (χ3v) is 4.78. The van der Waals surface area contributed by atoms with Crippen LogP contribution in [-0.4, -0.2) is 39.6 Å². The minimum Gasteiger partial charge on any atom is -0.496 e. The molecule has 1 aromatic rings. The first-order valence-electron chi connectivity index (χ1n) is 8.63. The number of carbonyl (C=O) groups is 1. The first kappa shape index (κ1) is 20.6. The van der Waals surface area contributed by atoms with Crippen LogP contribution in [0.3, 0.4) is 0 Å². The minimum absolute atomic E-state index is 0.0220. The van der Waals surface area contributed by atoms with Crippen molar-refractivity contribution in [2.24, 2.45) is 21.0 Å². The molecule has 2 rings (SSSR count). The number of rotatable bonds is 8. The van der Waals surface area contributed by atoms with Crippen molar-refractivity contribution in [1.29, 1.82) is 0 Å². The lowest BCUT2D eigenvalue weighted by atomic mass is 9.75. The topological polar surface area (TPSA) is 93.9 Å². The van der Waals surface area contributed by atoms with E-state index >= 15 is 0 Å². The number of nitrogens with zero attached hydrogens (tertiary/aromatic N) is 3. The van der Waals surface area contributed by atoms with Crippen LogP contribution in [0, 0.1) is 11.2 Å². The molecular weight excluding hydrogens is 355 g/mol. The number of esters is 1. The molecule has 0 saturated heterocycles. The maximum atomic E-state index is 14.3. The zero-order valence-corrected chi connectivity index (χ0v) is 15.8. The minimum atomic E-state index is -0.609. The van der Waals surface area contributed by atoms with Crippen LogP contribution < -0.4 is 14.9 Å². The highest BCUT2D eigenvalue weighted by atomic mass is 19.1. The van der Waals surface area contributed by atoms with E-state index in [1.165, 1.54) is 20.3 Å². The monoisotopic (exact) mass is 380 g/mol. The SMILES string of the molecule is C=N/N=N\NC[C@]1(C)CC[C@H](Oc2cc(C(=O)OC)c(OC)cc2F)CC1. The Balaban J connectivity index is 2.01. The summed E-state index contributed by atoms with van der Waals surface area (Å²) in [5, 5.41) is 10.4. The van der Waals surface area contributed by atoms with E-state index in [1.807, 2.05) is 0 Å². The van der Waals surface area contributed by atoms with Crippen molar-refractivity contribution >= 4 is 12.7 Å². The van der Waals surface area contributed by atoms with Crippen LogP contribution in [-0.2, 0) is 4.74 Å². The number of carbonyl (C=O) groups excluding carboxylic acids is 1. The molecule has 27 heavy (non-hydrogen) atoms. The van der Waals surface area contributed by atoms with Crippen molar-refractivity contribution in [1.82, 2.24) is 5.43 Å². The van der Waals surface area contributed by atoms with Gasteiger partial charge < -0.3 is 14.2 Å². The molecule has 0 radical (unpaired) electrons. The number of ether oxygens (including phenoxy) is 3. The van der Waals surface area contributed by atoms with Gasteiger partial charge in [-0.25, -0.2) is 9.18 Å². The number of halogens is 1. The number of hydrogen-bond donors (Lipinski definition) is 1. The molecule has 1 saturated carbocycles. The second kappa shape index (κ2) is 9.29. The molecule has 0 heterocycles. The van der Waals surface area contributed by atoms with Crippen LogP contribution in [0.4, 0.5) is 4.39 Å². The molecule has 148 valence electrons. The van der Waals surface area contributed by atoms with Crippen LogP contribution in [0.25, 0.3) is 0 Å². The van der Waals surface area contributed by atoms with Gasteiger partial charge in [-0.2, -0.15) is 0 Å². The Bertz CT molecular complexity index is 703. The zero-order valence-electron chi connectivity index (χ0n) is 15.8. The molecule has 0 atom stereocenters. The molecule has 0 unspecified atom stereocenters. The normalized spacial score (nSPS) is 22.3. The largest absolute Gasteiger partial charge is 0.496 e. The Kier molecular flexibility index (Phi) is 7.09. The summed E-state index contributed by atoms with van der Waals surface area (Å²) in [6, 6.07) is 2.47. The average Bonchev–Trinajstić information content (AvgIpc) is 2.67. The number of hydrogen-bond acceptors (Lipinski definition) is 6. The fourth-order valence-corrected chi connectivity index (χ4v) is 3.12. The molecule has 0 amide bonds. The van der Waals surface area contributed by atoms with E-state index in [4.69, 9.17) is 14.2 Å². The predicted molar refractivity (Wildman–Crippen MR) is 97.7 cm³/mol. The van der Waals surface area contributed by atoms with Gasteiger partial charge in [-0.1, -0.05) is 12.1 Å². The van der Waals surface area contributed by atoms with E-state index in [2.05, 4.69) is 34.6 Å². The van der Waals surface area contributed by atoms with Gasteiger partial charge in [-0.05, 0) is 36.3 Å². The van der Waals surface area contributed by atoms with Crippen LogP contribution in [0.5, 0.6) is 11.5 Å². The Hall–Kier alpha value is -2.71. The Morgan fingerprint density at radius 2 is 2.04 bits per heavy atom. The van der Waals surface area contributed by atoms with Crippen molar-refractivity contribution in [3.63, 3.8) is 0 Å². The molecule has 1 N–H and O–H groups in total. The molecule has 0 spiro atoms. The van der Waals surface area contributed by atoms with Crippen LogP contribution in [0.2, 0.25) is 0 Å². The summed E-state index contributed by atoms with van der Waals surface area (Å²) in [6.45, 7) is 6.02. The van der Waals surface area contributed by atoms with E-state index < -0.39 is 11.8 Å². The Morgan fingerprint density at radius 3 is 2.63 bits per heavy atom. The molecule has 1 aromatic carbocycles. The molecule has 1 aliphatic carbocycles. The Labute approximate surface area is 157 Å². The highest BCUT2D eigenvalue weighted by Gasteiger charge is 2.32. The van der Waals surface area contributed by atoms with Crippen molar-refractivity contribution in [2.75, 3.05) is 20.8 Å². The molecule has 0 bridgehead atoms. The number of nitrogens with one attached hydrogen (secondary N) is 1. The Morgan fingerprint density at radius 1 is 1.33 bits per heavy atom. The summed E-state index contributed by atoms with van der Waals surface area (Å²) in [7, 11) is 2.62. The van der Waals surface area contributed by atoms with Gasteiger partial charge in [0.25, 0.3) is 0 Å². The van der Waals surface area contributed by atoms with Crippen LogP contribution in [0.15, 0.2) is 27.7 Å². The van der Waals surface area contributed by atoms with E-state index in [1.54, 1.807) is 0 Å². The summed E-state index contributed by atoms with van der Waals surface area (Å²) in [6.07, 6.45) is 3.14. The zero-order chi connectivity index (χ0) is 19.9. The van der Waals surface area contributed by atoms with Gasteiger partial charge in [-0.15, -0.1) is 5.10 Å². The quantitative estimate of drug-likeness (QED) is 0.322. The maximum absolute atomic E-state index is 14.3. The summed E-state index contributed by atoms with van der Waals surface area (Å²) in [4.78, 5) is 11.9. The molecule has 1 aliphatic rings. The van der Waals surface area contributed by atoms with E-state index in [0.29, 0.717) is 6.54 Å². The second-order valence-electron chi connectivity index (χ2n) is 6.77. The fraction of sp³-hybridized carbons (Fsp3) is 0.556. The first-order chi connectivity index (χ1) is 12.9. The summed E-state index contributed by atoms with van der Waals surface area (Å²) >= 11 is 0. The van der Waals surface area contributed by atoms with E-state index in [0.717, 1.165) is 31.7 Å². The second-order valence-corrected chi connectivity index (χ2v) is 6.77. The smallest absolute Gasteiger partial charge is 0.341 e. The van der Waals surface area contributed by atoms with Crippen LogP contribution in [0.1, 0.15) is 43.0 Å². The number of methoxy groups -OCH3 is 2. The van der Waals surface area contributed by atoms with Gasteiger partial charge in [0.05, 0.1) is 20.3 Å². The van der Waals surface area contributed by atoms with Gasteiger partial charge in [0.15, 0.2) is 11.6 Å². The number of benzene rings is 1. The van der Waals surface area contributed by atoms with E-state index in [-0.39, 0.29) is 28.6 Å². The van der Waals surface area contributed by atoms with Crippen molar-refractivity contribution in [3.8, 4) is 11.5 Å². The molecule has 9 heteroatoms. The lowest BCUT2D eigenvalue weighted by Gasteiger charge is -2.37. The lowest BCUT2D eigenvalue weighted by Crippen LogP contribution is -2.36. The third-order valence-electron chi connectivity index (χ3n) is 4.78. The molecule has 0 aromatic heterocycles. The standard InChI is InChI=1S/C18H25FN4O4/c1-18(11-21-23-22-20-2)7-5-12(6-8-18)27-16-9-13(17(24)26-4)15(25-3)10-14(16)19/h9-10,12H,2,5-8,11H2,1,3-4H3,(H,21,22)/t12-,18+. The van der Waals surface area contributed by atoms with Crippen molar-refractivity contribution in [3.05, 3.63) is 23.5 Å². The van der Waals surface area contributed by atoms with Gasteiger partial charge in [0.2, 0.25) is 0 Å². The maximum Gasteiger partial charge on any atom is 0.341 e. The molecular formula is C18H25FN4O4. The first-order valence-corrected chi connectivity index (χ1v) is 8.63. The average molecular weight is 380 g/mol. The molecule has 8 nitrogen and oxygen atoms in total. The van der Waals surface area contributed by atoms with E-state index in [9.17, 15) is 9.18 Å². The van der Waals surface area contributed by atoms with Crippen molar-refractivity contribution < 1.29 is 23.4 Å². The summed E-state index contributed by atoms with van der Waals surface area (Å²) in [5.41, 5.74) is 3.03. The highest BCUT2D eigenvalue weighted by molar-refractivity contribution is 5.93. The van der Waals surface area contributed by atoms with Gasteiger partial charge in [-0.3, -0.25) is 5.43 Å². The lowest BCUT2D eigenvalue weighted by molar-refractivity contribution is 0.0594. The molecule has 1 fully saturated rings. The van der Waals surface area contributed by atoms with Gasteiger partial charge in [0.1, 0.15) is 11.3 Å². The van der Waals surface area contributed by atoms with Crippen molar-refractivity contribution in [2.45, 2.75) is 38.7 Å². The molecule has 0 aliphatic heterocycles. The summed E-state index contributed by atoms with van der Waals surface area (Å²) in [5.74, 6) is -1.06. The highest BCUT2D eigenvalue weighted by Crippen LogP contribution is 2.38. The van der Waals surface area contributed by atoms with Gasteiger partial charge >= 0.3 is 5.97 Å².